The van der Waals surface area contributed by atoms with Gasteiger partial charge in [-0.1, -0.05) is 0 Å². The molecule has 0 bridgehead atoms. The van der Waals surface area contributed by atoms with Crippen molar-refractivity contribution in [2.24, 2.45) is 5.73 Å². The van der Waals surface area contributed by atoms with Gasteiger partial charge in [0.05, 0.1) is 12.8 Å². The molecule has 8 nitrogen and oxygen atoms in total. The van der Waals surface area contributed by atoms with E-state index in [1.807, 2.05) is 0 Å². The van der Waals surface area contributed by atoms with Crippen LogP contribution in [0, 0.1) is 0 Å². The number of fused-ring (bicyclic) bond motifs is 1. The van der Waals surface area contributed by atoms with Crippen molar-refractivity contribution < 1.29 is 22.7 Å². The quantitative estimate of drug-likeness (QED) is 0.704. The second-order valence-corrected chi connectivity index (χ2v) is 7.75. The van der Waals surface area contributed by atoms with Crippen molar-refractivity contribution in [1.82, 2.24) is 4.72 Å². The minimum Gasteiger partial charge on any atom is -0.495 e. The van der Waals surface area contributed by atoms with E-state index in [-0.39, 0.29) is 47.6 Å². The first-order chi connectivity index (χ1) is 11.4. The third-order valence-corrected chi connectivity index (χ3v) is 5.82. The molecular formula is C15H22ClN3O5S. The van der Waals surface area contributed by atoms with Crippen LogP contribution in [-0.2, 0) is 14.8 Å². The largest absolute Gasteiger partial charge is 0.495 e. The molecule has 0 aromatic heterocycles. The minimum absolute atomic E-state index is 0. The number of hydrogen-bond donors (Lipinski definition) is 3. The van der Waals surface area contributed by atoms with E-state index >= 15 is 0 Å². The third kappa shape index (κ3) is 4.35. The Morgan fingerprint density at radius 2 is 1.96 bits per heavy atom. The van der Waals surface area contributed by atoms with Crippen LogP contribution in [0.5, 0.6) is 11.5 Å². The van der Waals surface area contributed by atoms with Gasteiger partial charge in [0.2, 0.25) is 10.0 Å². The van der Waals surface area contributed by atoms with E-state index in [1.54, 1.807) is 0 Å². The Morgan fingerprint density at radius 1 is 1.28 bits per heavy atom. The van der Waals surface area contributed by atoms with Gasteiger partial charge in [0.1, 0.15) is 16.4 Å². The van der Waals surface area contributed by atoms with Crippen LogP contribution in [0.4, 0.5) is 5.69 Å². The molecule has 0 unspecified atom stereocenters. The van der Waals surface area contributed by atoms with Crippen LogP contribution in [0.2, 0.25) is 0 Å². The van der Waals surface area contributed by atoms with Gasteiger partial charge in [0.15, 0.2) is 6.61 Å². The SMILES string of the molecule is COc1cc2c(cc1S(=O)(=O)NC1CCC(N)CC1)OCC(=O)N2.Cl. The number of amides is 1. The van der Waals surface area contributed by atoms with Gasteiger partial charge >= 0.3 is 0 Å². The molecular weight excluding hydrogens is 370 g/mol. The van der Waals surface area contributed by atoms with Crippen molar-refractivity contribution in [3.8, 4) is 11.5 Å². The highest BCUT2D eigenvalue weighted by atomic mass is 35.5. The van der Waals surface area contributed by atoms with Crippen molar-refractivity contribution >= 4 is 34.0 Å². The summed E-state index contributed by atoms with van der Waals surface area (Å²) >= 11 is 0. The van der Waals surface area contributed by atoms with Crippen LogP contribution in [0.1, 0.15) is 25.7 Å². The van der Waals surface area contributed by atoms with Gasteiger partial charge in [-0.25, -0.2) is 13.1 Å². The van der Waals surface area contributed by atoms with Gasteiger partial charge in [0, 0.05) is 24.2 Å². The van der Waals surface area contributed by atoms with Crippen molar-refractivity contribution in [2.45, 2.75) is 42.7 Å². The molecule has 0 saturated heterocycles. The van der Waals surface area contributed by atoms with Crippen LogP contribution in [0.25, 0.3) is 0 Å². The van der Waals surface area contributed by atoms with Crippen LogP contribution >= 0.6 is 12.4 Å². The second-order valence-electron chi connectivity index (χ2n) is 6.07. The Labute approximate surface area is 152 Å². The normalized spacial score (nSPS) is 22.9. The molecule has 1 aromatic rings. The Hall–Kier alpha value is -1.55. The van der Waals surface area contributed by atoms with E-state index in [2.05, 4.69) is 10.0 Å². The topological polar surface area (TPSA) is 120 Å². The van der Waals surface area contributed by atoms with Gasteiger partial charge in [0.25, 0.3) is 5.91 Å². The van der Waals surface area contributed by atoms with E-state index in [4.69, 9.17) is 15.2 Å². The average Bonchev–Trinajstić information content (AvgIpc) is 2.55. The lowest BCUT2D eigenvalue weighted by Crippen LogP contribution is -2.40. The third-order valence-electron chi connectivity index (χ3n) is 4.28. The molecule has 4 N–H and O–H groups in total. The smallest absolute Gasteiger partial charge is 0.262 e. The second kappa shape index (κ2) is 7.77. The summed E-state index contributed by atoms with van der Waals surface area (Å²) in [6, 6.07) is 2.83. The maximum atomic E-state index is 12.7. The molecule has 1 heterocycles. The summed E-state index contributed by atoms with van der Waals surface area (Å²) < 4.78 is 38.7. The highest BCUT2D eigenvalue weighted by Gasteiger charge is 2.29. The Balaban J connectivity index is 0.00000225. The van der Waals surface area contributed by atoms with Crippen molar-refractivity contribution in [3.05, 3.63) is 12.1 Å². The molecule has 1 aliphatic carbocycles. The van der Waals surface area contributed by atoms with Gasteiger partial charge in [-0.05, 0) is 25.7 Å². The highest BCUT2D eigenvalue weighted by molar-refractivity contribution is 7.89. The first-order valence-corrected chi connectivity index (χ1v) is 9.30. The Morgan fingerprint density at radius 3 is 2.60 bits per heavy atom. The Kier molecular flexibility index (Phi) is 6.15. The summed E-state index contributed by atoms with van der Waals surface area (Å²) in [4.78, 5) is 11.4. The molecule has 1 aromatic carbocycles. The zero-order chi connectivity index (χ0) is 17.3. The molecule has 10 heteroatoms. The number of benzene rings is 1. The number of nitrogens with one attached hydrogen (secondary N) is 2. The number of halogens is 1. The summed E-state index contributed by atoms with van der Waals surface area (Å²) in [5, 5.41) is 2.63. The summed E-state index contributed by atoms with van der Waals surface area (Å²) in [7, 11) is -2.39. The lowest BCUT2D eigenvalue weighted by atomic mass is 9.93. The van der Waals surface area contributed by atoms with Gasteiger partial charge in [-0.2, -0.15) is 0 Å². The molecule has 25 heavy (non-hydrogen) atoms. The van der Waals surface area contributed by atoms with Crippen LogP contribution in [-0.4, -0.2) is 40.1 Å². The maximum Gasteiger partial charge on any atom is 0.262 e. The number of nitrogens with two attached hydrogens (primary N) is 1. The fourth-order valence-electron chi connectivity index (χ4n) is 2.98. The minimum atomic E-state index is -3.78. The number of sulfonamides is 1. The van der Waals surface area contributed by atoms with E-state index in [0.29, 0.717) is 24.3 Å². The monoisotopic (exact) mass is 391 g/mol. The lowest BCUT2D eigenvalue weighted by molar-refractivity contribution is -0.118. The molecule has 140 valence electrons. The summed E-state index contributed by atoms with van der Waals surface area (Å²) in [5.41, 5.74) is 6.25. The van der Waals surface area contributed by atoms with Crippen molar-refractivity contribution in [3.63, 3.8) is 0 Å². The number of carbonyl (C=O) groups is 1. The fraction of sp³-hybridized carbons (Fsp3) is 0.533. The van der Waals surface area contributed by atoms with Gasteiger partial charge in [-0.3, -0.25) is 4.79 Å². The average molecular weight is 392 g/mol. The number of methoxy groups -OCH3 is 1. The number of anilines is 1. The van der Waals surface area contributed by atoms with Crippen molar-refractivity contribution in [1.29, 1.82) is 0 Å². The van der Waals surface area contributed by atoms with Crippen LogP contribution in [0.3, 0.4) is 0 Å². The summed E-state index contributed by atoms with van der Waals surface area (Å²) in [6.45, 7) is -0.146. The number of rotatable bonds is 4. The lowest BCUT2D eigenvalue weighted by Gasteiger charge is -2.27. The predicted octanol–water partition coefficient (Wildman–Crippen LogP) is 0.996. The van der Waals surface area contributed by atoms with E-state index in [9.17, 15) is 13.2 Å². The molecule has 3 rings (SSSR count). The van der Waals surface area contributed by atoms with Crippen molar-refractivity contribution in [2.75, 3.05) is 19.0 Å². The van der Waals surface area contributed by atoms with Gasteiger partial charge in [-0.15, -0.1) is 12.4 Å². The highest BCUT2D eigenvalue weighted by Crippen LogP contribution is 2.37. The molecule has 1 amide bonds. The molecule has 0 radical (unpaired) electrons. The fourth-order valence-corrected chi connectivity index (χ4v) is 4.45. The van der Waals surface area contributed by atoms with E-state index in [0.717, 1.165) is 12.8 Å². The number of ether oxygens (including phenoxy) is 2. The summed E-state index contributed by atoms with van der Waals surface area (Å²) in [5.74, 6) is 0.165. The molecule has 1 saturated carbocycles. The maximum absolute atomic E-state index is 12.7. The number of hydrogen-bond acceptors (Lipinski definition) is 6. The van der Waals surface area contributed by atoms with E-state index in [1.165, 1.54) is 19.2 Å². The van der Waals surface area contributed by atoms with E-state index < -0.39 is 10.0 Å². The molecule has 1 aliphatic heterocycles. The Bertz CT molecular complexity index is 748. The molecule has 2 aliphatic rings. The predicted molar refractivity (Wildman–Crippen MR) is 94.9 cm³/mol. The molecule has 1 fully saturated rings. The summed E-state index contributed by atoms with van der Waals surface area (Å²) in [6.07, 6.45) is 3.01. The molecule has 0 spiro atoms. The van der Waals surface area contributed by atoms with Crippen LogP contribution in [0.15, 0.2) is 17.0 Å². The first-order valence-electron chi connectivity index (χ1n) is 7.81. The zero-order valence-corrected chi connectivity index (χ0v) is 15.4. The zero-order valence-electron chi connectivity index (χ0n) is 13.8. The van der Waals surface area contributed by atoms with Crippen LogP contribution < -0.4 is 25.2 Å². The standard InChI is InChI=1S/C15H21N3O5S.ClH/c1-22-13-6-11-12(23-8-15(19)17-11)7-14(13)24(20,21)18-10-4-2-9(16)3-5-10;/h6-7,9-10,18H,2-5,8,16H2,1H3,(H,17,19);1H. The van der Waals surface area contributed by atoms with Gasteiger partial charge < -0.3 is 20.5 Å². The molecule has 0 atom stereocenters. The first kappa shape index (κ1) is 19.8. The number of carbonyl (C=O) groups excluding carboxylic acids is 1.